The fourth-order valence-electron chi connectivity index (χ4n) is 1.16. The van der Waals surface area contributed by atoms with E-state index >= 15 is 0 Å². The van der Waals surface area contributed by atoms with Gasteiger partial charge in [-0.15, -0.1) is 0 Å². The summed E-state index contributed by atoms with van der Waals surface area (Å²) in [6.07, 6.45) is 0. The maximum atomic E-state index is 11.4. The Hall–Kier alpha value is -0.780. The number of methoxy groups -OCH3 is 1. The topological polar surface area (TPSA) is 60.4 Å². The molecular weight excluding hydrogens is 275 g/mol. The molecule has 0 amide bonds. The molecule has 7 heteroatoms. The van der Waals surface area contributed by atoms with Crippen LogP contribution in [0.2, 0.25) is 5.02 Å². The lowest BCUT2D eigenvalue weighted by Gasteiger charge is -2.06. The molecule has 1 aromatic carbocycles. The zero-order chi connectivity index (χ0) is 12.3. The van der Waals surface area contributed by atoms with Gasteiger partial charge in [-0.1, -0.05) is 17.7 Å². The predicted octanol–water partition coefficient (Wildman–Crippen LogP) is 2.20. The summed E-state index contributed by atoms with van der Waals surface area (Å²) in [5.41, 5.74) is 0.352. The monoisotopic (exact) mass is 282 g/mol. The number of carbonyl (C=O) groups is 1. The van der Waals surface area contributed by atoms with E-state index in [0.29, 0.717) is 5.02 Å². The van der Waals surface area contributed by atoms with Crippen molar-refractivity contribution in [3.63, 3.8) is 0 Å². The number of ether oxygens (including phenoxy) is 1. The van der Waals surface area contributed by atoms with Crippen LogP contribution in [0.25, 0.3) is 0 Å². The van der Waals surface area contributed by atoms with Crippen molar-refractivity contribution in [3.8, 4) is 0 Å². The molecule has 4 nitrogen and oxygen atoms in total. The van der Waals surface area contributed by atoms with Gasteiger partial charge in [0, 0.05) is 15.7 Å². The summed E-state index contributed by atoms with van der Waals surface area (Å²) < 4.78 is 26.4. The van der Waals surface area contributed by atoms with Crippen molar-refractivity contribution in [1.29, 1.82) is 0 Å². The van der Waals surface area contributed by atoms with E-state index in [1.54, 1.807) is 0 Å². The minimum atomic E-state index is -3.73. The van der Waals surface area contributed by atoms with E-state index in [1.165, 1.54) is 25.3 Å². The zero-order valence-electron chi connectivity index (χ0n) is 8.24. The van der Waals surface area contributed by atoms with Crippen molar-refractivity contribution in [2.75, 3.05) is 7.11 Å². The molecule has 0 aliphatic rings. The highest BCUT2D eigenvalue weighted by Gasteiger charge is 2.17. The first-order valence-electron chi connectivity index (χ1n) is 4.12. The van der Waals surface area contributed by atoms with Crippen LogP contribution in [-0.2, 0) is 19.5 Å². The number of hydrogen-bond donors (Lipinski definition) is 0. The smallest absolute Gasteiger partial charge is 0.338 e. The van der Waals surface area contributed by atoms with E-state index in [0.717, 1.165) is 0 Å². The van der Waals surface area contributed by atoms with E-state index in [1.807, 2.05) is 0 Å². The van der Waals surface area contributed by atoms with Crippen LogP contribution in [0.15, 0.2) is 18.2 Å². The summed E-state index contributed by atoms with van der Waals surface area (Å²) in [7, 11) is 2.58. The molecule has 0 fully saturated rings. The lowest BCUT2D eigenvalue weighted by atomic mass is 10.1. The molecule has 1 rings (SSSR count). The Morgan fingerprint density at radius 2 is 2.06 bits per heavy atom. The third-order valence-corrected chi connectivity index (χ3v) is 3.02. The largest absolute Gasteiger partial charge is 0.465 e. The molecular formula is C9H8Cl2O4S. The van der Waals surface area contributed by atoms with Gasteiger partial charge in [0.1, 0.15) is 0 Å². The third-order valence-electron chi connectivity index (χ3n) is 1.81. The number of benzene rings is 1. The van der Waals surface area contributed by atoms with Gasteiger partial charge in [0.15, 0.2) is 0 Å². The highest BCUT2D eigenvalue weighted by atomic mass is 35.7. The molecule has 16 heavy (non-hydrogen) atoms. The Bertz CT molecular complexity index is 510. The first-order chi connectivity index (χ1) is 7.33. The maximum absolute atomic E-state index is 11.4. The molecule has 0 aliphatic heterocycles. The molecule has 0 N–H and O–H groups in total. The predicted molar refractivity (Wildman–Crippen MR) is 61.3 cm³/mol. The van der Waals surface area contributed by atoms with Crippen LogP contribution in [0.5, 0.6) is 0 Å². The van der Waals surface area contributed by atoms with Crippen molar-refractivity contribution in [2.24, 2.45) is 0 Å². The van der Waals surface area contributed by atoms with Gasteiger partial charge in [0.05, 0.1) is 18.4 Å². The number of rotatable bonds is 3. The summed E-state index contributed by atoms with van der Waals surface area (Å²) in [6, 6.07) is 4.24. The van der Waals surface area contributed by atoms with Gasteiger partial charge in [-0.2, -0.15) is 0 Å². The summed E-state index contributed by atoms with van der Waals surface area (Å²) in [5.74, 6) is -1.10. The van der Waals surface area contributed by atoms with Crippen molar-refractivity contribution in [2.45, 2.75) is 5.75 Å². The molecule has 0 aromatic heterocycles. The van der Waals surface area contributed by atoms with Gasteiger partial charge in [0.2, 0.25) is 9.05 Å². The average molecular weight is 283 g/mol. The minimum absolute atomic E-state index is 0.0965. The molecule has 0 aliphatic carbocycles. The van der Waals surface area contributed by atoms with Gasteiger partial charge in [-0.05, 0) is 17.7 Å². The number of esters is 1. The molecule has 88 valence electrons. The first-order valence-corrected chi connectivity index (χ1v) is 6.98. The Labute approximate surface area is 103 Å². The third kappa shape index (κ3) is 3.66. The van der Waals surface area contributed by atoms with Gasteiger partial charge in [-0.25, -0.2) is 13.2 Å². The highest BCUT2D eigenvalue weighted by molar-refractivity contribution is 8.13. The van der Waals surface area contributed by atoms with Crippen molar-refractivity contribution < 1.29 is 17.9 Å². The molecule has 0 saturated carbocycles. The van der Waals surface area contributed by atoms with E-state index < -0.39 is 20.8 Å². The van der Waals surface area contributed by atoms with Gasteiger partial charge in [0.25, 0.3) is 0 Å². The second-order valence-electron chi connectivity index (χ2n) is 2.98. The Morgan fingerprint density at radius 3 is 2.56 bits per heavy atom. The van der Waals surface area contributed by atoms with Crippen molar-refractivity contribution >= 4 is 37.3 Å². The Kier molecular flexibility index (Phi) is 4.18. The summed E-state index contributed by atoms with van der Waals surface area (Å²) >= 11 is 5.70. The van der Waals surface area contributed by atoms with Crippen LogP contribution < -0.4 is 0 Å². The van der Waals surface area contributed by atoms with E-state index in [2.05, 4.69) is 4.74 Å². The molecule has 0 saturated heterocycles. The normalized spacial score (nSPS) is 11.2. The first kappa shape index (κ1) is 13.3. The van der Waals surface area contributed by atoms with Gasteiger partial charge in [-0.3, -0.25) is 0 Å². The van der Waals surface area contributed by atoms with E-state index in [-0.39, 0.29) is 11.1 Å². The highest BCUT2D eigenvalue weighted by Crippen LogP contribution is 2.20. The maximum Gasteiger partial charge on any atom is 0.338 e. The minimum Gasteiger partial charge on any atom is -0.465 e. The molecule has 0 spiro atoms. The van der Waals surface area contributed by atoms with Crippen LogP contribution in [0.1, 0.15) is 15.9 Å². The number of halogens is 2. The van der Waals surface area contributed by atoms with Crippen LogP contribution >= 0.6 is 22.3 Å². The second-order valence-corrected chi connectivity index (χ2v) is 6.19. The van der Waals surface area contributed by atoms with Crippen LogP contribution in [0.3, 0.4) is 0 Å². The Morgan fingerprint density at radius 1 is 1.44 bits per heavy atom. The fourth-order valence-corrected chi connectivity index (χ4v) is 2.31. The van der Waals surface area contributed by atoms with Gasteiger partial charge >= 0.3 is 5.97 Å². The number of hydrogen-bond acceptors (Lipinski definition) is 4. The number of carbonyl (C=O) groups excluding carboxylic acids is 1. The summed E-state index contributed by atoms with van der Waals surface area (Å²) in [6.45, 7) is 0. The van der Waals surface area contributed by atoms with Crippen molar-refractivity contribution in [3.05, 3.63) is 34.3 Å². The van der Waals surface area contributed by atoms with Crippen LogP contribution in [0.4, 0.5) is 0 Å². The Balaban J connectivity index is 3.23. The standard InChI is InChI=1S/C9H8Cl2O4S/c1-15-9(12)8-4-7(10)3-2-6(8)5-16(11,13)14/h2-4H,5H2,1H3. The van der Waals surface area contributed by atoms with E-state index in [4.69, 9.17) is 22.3 Å². The lowest BCUT2D eigenvalue weighted by Crippen LogP contribution is -2.08. The molecule has 0 bridgehead atoms. The quantitative estimate of drug-likeness (QED) is 0.630. The second kappa shape index (κ2) is 5.03. The van der Waals surface area contributed by atoms with Crippen molar-refractivity contribution in [1.82, 2.24) is 0 Å². The SMILES string of the molecule is COC(=O)c1cc(Cl)ccc1CS(=O)(=O)Cl. The van der Waals surface area contributed by atoms with Crippen LogP contribution in [-0.4, -0.2) is 21.5 Å². The van der Waals surface area contributed by atoms with Gasteiger partial charge < -0.3 is 4.74 Å². The van der Waals surface area contributed by atoms with E-state index in [9.17, 15) is 13.2 Å². The summed E-state index contributed by atoms with van der Waals surface area (Å²) in [5, 5.41) is 0.316. The molecule has 0 atom stereocenters. The molecule has 0 unspecified atom stereocenters. The summed E-state index contributed by atoms with van der Waals surface area (Å²) in [4.78, 5) is 11.4. The molecule has 0 radical (unpaired) electrons. The van der Waals surface area contributed by atoms with Crippen LogP contribution in [0, 0.1) is 0 Å². The lowest BCUT2D eigenvalue weighted by molar-refractivity contribution is 0.0600. The fraction of sp³-hybridized carbons (Fsp3) is 0.222. The molecule has 1 aromatic rings. The molecule has 0 heterocycles. The average Bonchev–Trinajstić information content (AvgIpc) is 2.17. The zero-order valence-corrected chi connectivity index (χ0v) is 10.6.